The number of ether oxygens (including phenoxy) is 2. The van der Waals surface area contributed by atoms with Crippen LogP contribution in [0.2, 0.25) is 5.02 Å². The van der Waals surface area contributed by atoms with Gasteiger partial charge in [0, 0.05) is 25.1 Å². The number of hydrogen-bond donors (Lipinski definition) is 1. The van der Waals surface area contributed by atoms with Crippen molar-refractivity contribution in [1.29, 1.82) is 0 Å². The van der Waals surface area contributed by atoms with E-state index < -0.39 is 0 Å². The van der Waals surface area contributed by atoms with Crippen LogP contribution >= 0.6 is 11.6 Å². The third-order valence-electron chi connectivity index (χ3n) is 4.28. The summed E-state index contributed by atoms with van der Waals surface area (Å²) in [5.41, 5.74) is 0.575. The molecule has 128 valence electrons. The molecule has 0 radical (unpaired) electrons. The SMILES string of the molecule is COc1cc(NC(=O)CCN2CCC(C)CC2)c(OC)cc1Cl. The molecular formula is C17H25ClN2O3. The number of nitrogens with zero attached hydrogens (tertiary/aromatic N) is 1. The predicted octanol–water partition coefficient (Wildman–Crippen LogP) is 3.42. The molecule has 0 bridgehead atoms. The van der Waals surface area contributed by atoms with Gasteiger partial charge in [-0.25, -0.2) is 0 Å². The molecule has 1 aromatic rings. The number of likely N-dealkylation sites (tertiary alicyclic amines) is 1. The van der Waals surface area contributed by atoms with Crippen molar-refractivity contribution in [3.05, 3.63) is 17.2 Å². The van der Waals surface area contributed by atoms with E-state index in [0.717, 1.165) is 25.6 Å². The molecule has 6 heteroatoms. The Labute approximate surface area is 142 Å². The van der Waals surface area contributed by atoms with E-state index in [0.29, 0.717) is 28.6 Å². The van der Waals surface area contributed by atoms with Crippen LogP contribution in [-0.2, 0) is 4.79 Å². The first-order chi connectivity index (χ1) is 11.0. The number of piperidine rings is 1. The summed E-state index contributed by atoms with van der Waals surface area (Å²) in [4.78, 5) is 14.6. The maximum absolute atomic E-state index is 12.2. The predicted molar refractivity (Wildman–Crippen MR) is 92.6 cm³/mol. The Kier molecular flexibility index (Phi) is 6.54. The van der Waals surface area contributed by atoms with Crippen LogP contribution in [-0.4, -0.2) is 44.7 Å². The number of methoxy groups -OCH3 is 2. The van der Waals surface area contributed by atoms with Crippen molar-refractivity contribution >= 4 is 23.2 Å². The van der Waals surface area contributed by atoms with Crippen molar-refractivity contribution in [3.63, 3.8) is 0 Å². The number of hydrogen-bond acceptors (Lipinski definition) is 4. The van der Waals surface area contributed by atoms with Gasteiger partial charge in [0.1, 0.15) is 11.5 Å². The van der Waals surface area contributed by atoms with Gasteiger partial charge in [-0.1, -0.05) is 18.5 Å². The van der Waals surface area contributed by atoms with Crippen LogP contribution in [0.15, 0.2) is 12.1 Å². The zero-order valence-corrected chi connectivity index (χ0v) is 14.8. The Balaban J connectivity index is 1.92. The van der Waals surface area contributed by atoms with Crippen LogP contribution in [0.1, 0.15) is 26.2 Å². The molecule has 2 rings (SSSR count). The van der Waals surface area contributed by atoms with Crippen molar-refractivity contribution in [2.24, 2.45) is 5.92 Å². The number of carbonyl (C=O) groups excluding carboxylic acids is 1. The first-order valence-corrected chi connectivity index (χ1v) is 8.35. The number of anilines is 1. The number of rotatable bonds is 6. The summed E-state index contributed by atoms with van der Waals surface area (Å²) in [7, 11) is 3.08. The maximum atomic E-state index is 12.2. The summed E-state index contributed by atoms with van der Waals surface area (Å²) < 4.78 is 10.5. The normalized spacial score (nSPS) is 16.2. The summed E-state index contributed by atoms with van der Waals surface area (Å²) >= 11 is 6.07. The zero-order chi connectivity index (χ0) is 16.8. The number of halogens is 1. The van der Waals surface area contributed by atoms with E-state index in [1.807, 2.05) is 0 Å². The Bertz CT molecular complexity index is 543. The lowest BCUT2D eigenvalue weighted by molar-refractivity contribution is -0.116. The average Bonchev–Trinajstić information content (AvgIpc) is 2.55. The average molecular weight is 341 g/mol. The van der Waals surface area contributed by atoms with Crippen molar-refractivity contribution in [2.45, 2.75) is 26.2 Å². The Hall–Kier alpha value is -1.46. The Morgan fingerprint density at radius 2 is 1.91 bits per heavy atom. The van der Waals surface area contributed by atoms with Gasteiger partial charge in [-0.05, 0) is 31.8 Å². The molecule has 0 aromatic heterocycles. The van der Waals surface area contributed by atoms with E-state index in [4.69, 9.17) is 21.1 Å². The fraction of sp³-hybridized carbons (Fsp3) is 0.588. The van der Waals surface area contributed by atoms with E-state index in [1.54, 1.807) is 19.2 Å². The summed E-state index contributed by atoms with van der Waals surface area (Å²) in [5.74, 6) is 1.79. The van der Waals surface area contributed by atoms with Gasteiger partial charge >= 0.3 is 0 Å². The van der Waals surface area contributed by atoms with E-state index in [-0.39, 0.29) is 5.91 Å². The molecule has 1 aromatic carbocycles. The van der Waals surface area contributed by atoms with E-state index in [9.17, 15) is 4.79 Å². The van der Waals surface area contributed by atoms with Crippen LogP contribution in [0.3, 0.4) is 0 Å². The summed E-state index contributed by atoms with van der Waals surface area (Å²) in [6.45, 7) is 5.22. The molecule has 1 fully saturated rings. The number of nitrogens with one attached hydrogen (secondary N) is 1. The van der Waals surface area contributed by atoms with E-state index in [2.05, 4.69) is 17.1 Å². The number of carbonyl (C=O) groups is 1. The molecular weight excluding hydrogens is 316 g/mol. The summed E-state index contributed by atoms with van der Waals surface area (Å²) in [5, 5.41) is 3.33. The first kappa shape index (κ1) is 17.9. The van der Waals surface area contributed by atoms with Crippen LogP contribution in [0.4, 0.5) is 5.69 Å². The van der Waals surface area contributed by atoms with Crippen LogP contribution in [0.5, 0.6) is 11.5 Å². The third kappa shape index (κ3) is 5.01. The highest BCUT2D eigenvalue weighted by Gasteiger charge is 2.17. The van der Waals surface area contributed by atoms with Gasteiger partial charge in [-0.3, -0.25) is 4.79 Å². The van der Waals surface area contributed by atoms with Gasteiger partial charge in [0.15, 0.2) is 0 Å². The van der Waals surface area contributed by atoms with Gasteiger partial charge in [0.25, 0.3) is 0 Å². The van der Waals surface area contributed by atoms with Crippen molar-refractivity contribution < 1.29 is 14.3 Å². The third-order valence-corrected chi connectivity index (χ3v) is 4.57. The summed E-state index contributed by atoms with van der Waals surface area (Å²) in [6, 6.07) is 3.32. The minimum Gasteiger partial charge on any atom is -0.495 e. The van der Waals surface area contributed by atoms with Crippen LogP contribution in [0, 0.1) is 5.92 Å². The lowest BCUT2D eigenvalue weighted by Crippen LogP contribution is -2.35. The first-order valence-electron chi connectivity index (χ1n) is 7.97. The highest BCUT2D eigenvalue weighted by atomic mass is 35.5. The molecule has 1 aliphatic rings. The second kappa shape index (κ2) is 8.41. The Morgan fingerprint density at radius 1 is 1.26 bits per heavy atom. The molecule has 1 saturated heterocycles. The lowest BCUT2D eigenvalue weighted by Gasteiger charge is -2.29. The van der Waals surface area contributed by atoms with Gasteiger partial charge < -0.3 is 19.7 Å². The molecule has 0 atom stereocenters. The second-order valence-corrected chi connectivity index (χ2v) is 6.42. The molecule has 5 nitrogen and oxygen atoms in total. The van der Waals surface area contributed by atoms with Gasteiger partial charge in [0.2, 0.25) is 5.91 Å². The fourth-order valence-electron chi connectivity index (χ4n) is 2.72. The molecule has 1 N–H and O–H groups in total. The molecule has 0 saturated carbocycles. The van der Waals surface area contributed by atoms with Crippen molar-refractivity contribution in [1.82, 2.24) is 4.90 Å². The molecule has 23 heavy (non-hydrogen) atoms. The van der Waals surface area contributed by atoms with Gasteiger partial charge in [0.05, 0.1) is 24.9 Å². The molecule has 0 unspecified atom stereocenters. The molecule has 1 amide bonds. The van der Waals surface area contributed by atoms with Crippen LogP contribution < -0.4 is 14.8 Å². The van der Waals surface area contributed by atoms with Crippen molar-refractivity contribution in [3.8, 4) is 11.5 Å². The standard InChI is InChI=1S/C17H25ClN2O3/c1-12-4-7-20(8-5-12)9-6-17(21)19-14-11-15(22-2)13(18)10-16(14)23-3/h10-12H,4-9H2,1-3H3,(H,19,21). The smallest absolute Gasteiger partial charge is 0.225 e. The maximum Gasteiger partial charge on any atom is 0.225 e. The minimum absolute atomic E-state index is 0.0358. The molecule has 0 spiro atoms. The fourth-order valence-corrected chi connectivity index (χ4v) is 2.95. The number of amides is 1. The molecule has 1 aliphatic heterocycles. The second-order valence-electron chi connectivity index (χ2n) is 6.01. The number of benzene rings is 1. The molecule has 1 heterocycles. The van der Waals surface area contributed by atoms with E-state index in [1.165, 1.54) is 20.0 Å². The summed E-state index contributed by atoms with van der Waals surface area (Å²) in [6.07, 6.45) is 2.89. The van der Waals surface area contributed by atoms with E-state index >= 15 is 0 Å². The van der Waals surface area contributed by atoms with Gasteiger partial charge in [-0.15, -0.1) is 0 Å². The topological polar surface area (TPSA) is 50.8 Å². The van der Waals surface area contributed by atoms with Crippen LogP contribution in [0.25, 0.3) is 0 Å². The highest BCUT2D eigenvalue weighted by Crippen LogP contribution is 2.35. The minimum atomic E-state index is -0.0358. The van der Waals surface area contributed by atoms with Gasteiger partial charge in [-0.2, -0.15) is 0 Å². The Morgan fingerprint density at radius 3 is 2.52 bits per heavy atom. The van der Waals surface area contributed by atoms with Crippen molar-refractivity contribution in [2.75, 3.05) is 39.2 Å². The molecule has 0 aliphatic carbocycles. The quantitative estimate of drug-likeness (QED) is 0.862. The largest absolute Gasteiger partial charge is 0.495 e. The lowest BCUT2D eigenvalue weighted by atomic mass is 9.99. The zero-order valence-electron chi connectivity index (χ0n) is 14.0. The monoisotopic (exact) mass is 340 g/mol. The highest BCUT2D eigenvalue weighted by molar-refractivity contribution is 6.32.